The van der Waals surface area contributed by atoms with Crippen LogP contribution in [0, 0.1) is 17.0 Å². The molecule has 0 saturated carbocycles. The predicted molar refractivity (Wildman–Crippen MR) is 67.4 cm³/mol. The van der Waals surface area contributed by atoms with E-state index in [1.807, 2.05) is 20.8 Å². The first-order chi connectivity index (χ1) is 7.85. The summed E-state index contributed by atoms with van der Waals surface area (Å²) in [6.45, 7) is 6.40. The molecular formula is C12H18N2O3. The van der Waals surface area contributed by atoms with Crippen LogP contribution in [0.25, 0.3) is 0 Å². The lowest BCUT2D eigenvalue weighted by Gasteiger charge is -2.27. The zero-order valence-electron chi connectivity index (χ0n) is 10.6. The average Bonchev–Trinajstić information content (AvgIpc) is 2.20. The van der Waals surface area contributed by atoms with Gasteiger partial charge in [-0.2, -0.15) is 0 Å². The molecule has 17 heavy (non-hydrogen) atoms. The maximum Gasteiger partial charge on any atom is 0.271 e. The molecule has 0 radical (unpaired) electrons. The summed E-state index contributed by atoms with van der Waals surface area (Å²) in [5, 5.41) is 14.0. The van der Waals surface area contributed by atoms with Crippen LogP contribution in [0.2, 0.25) is 0 Å². The Morgan fingerprint density at radius 3 is 2.65 bits per heavy atom. The minimum atomic E-state index is -0.395. The fourth-order valence-corrected chi connectivity index (χ4v) is 1.62. The quantitative estimate of drug-likeness (QED) is 0.632. The van der Waals surface area contributed by atoms with E-state index in [-0.39, 0.29) is 11.2 Å². The highest BCUT2D eigenvalue weighted by Gasteiger charge is 2.19. The first-order valence-corrected chi connectivity index (χ1v) is 5.38. The summed E-state index contributed by atoms with van der Waals surface area (Å²) in [5.74, 6) is 0. The van der Waals surface area contributed by atoms with Crippen molar-refractivity contribution >= 4 is 11.4 Å². The molecule has 0 saturated heterocycles. The van der Waals surface area contributed by atoms with Gasteiger partial charge in [-0.1, -0.05) is 6.07 Å². The van der Waals surface area contributed by atoms with Gasteiger partial charge in [0.05, 0.1) is 17.1 Å². The lowest BCUT2D eigenvalue weighted by atomic mass is 10.0. The molecule has 0 atom stereocenters. The maximum absolute atomic E-state index is 10.7. The van der Waals surface area contributed by atoms with Crippen LogP contribution in [-0.2, 0) is 4.74 Å². The molecule has 0 unspecified atom stereocenters. The number of nitro benzene ring substituents is 1. The van der Waals surface area contributed by atoms with Crippen molar-refractivity contribution in [3.63, 3.8) is 0 Å². The standard InChI is InChI=1S/C12H18N2O3/c1-9-5-6-10(14(15)16)7-11(9)13-12(2,3)8-17-4/h5-7,13H,8H2,1-4H3. The first-order valence-electron chi connectivity index (χ1n) is 5.38. The number of benzene rings is 1. The lowest BCUT2D eigenvalue weighted by Crippen LogP contribution is -2.36. The maximum atomic E-state index is 10.7. The molecule has 0 aromatic heterocycles. The zero-order valence-corrected chi connectivity index (χ0v) is 10.6. The second-order valence-electron chi connectivity index (χ2n) is 4.70. The molecule has 0 amide bonds. The molecule has 94 valence electrons. The molecule has 5 nitrogen and oxygen atoms in total. The molecule has 0 heterocycles. The molecule has 0 fully saturated rings. The Morgan fingerprint density at radius 2 is 2.12 bits per heavy atom. The van der Waals surface area contributed by atoms with Crippen LogP contribution in [0.4, 0.5) is 11.4 Å². The first kappa shape index (κ1) is 13.4. The number of aryl methyl sites for hydroxylation is 1. The van der Waals surface area contributed by atoms with E-state index in [0.717, 1.165) is 11.3 Å². The minimum Gasteiger partial charge on any atom is -0.382 e. The van der Waals surface area contributed by atoms with E-state index in [1.165, 1.54) is 6.07 Å². The van der Waals surface area contributed by atoms with E-state index in [4.69, 9.17) is 4.74 Å². The lowest BCUT2D eigenvalue weighted by molar-refractivity contribution is -0.384. The second-order valence-corrected chi connectivity index (χ2v) is 4.70. The smallest absolute Gasteiger partial charge is 0.271 e. The third kappa shape index (κ3) is 3.71. The number of rotatable bonds is 5. The molecule has 0 aliphatic heterocycles. The monoisotopic (exact) mass is 238 g/mol. The van der Waals surface area contributed by atoms with E-state index >= 15 is 0 Å². The molecule has 1 rings (SSSR count). The van der Waals surface area contributed by atoms with Crippen molar-refractivity contribution in [1.82, 2.24) is 0 Å². The van der Waals surface area contributed by atoms with Gasteiger partial charge in [0.2, 0.25) is 0 Å². The molecule has 1 N–H and O–H groups in total. The van der Waals surface area contributed by atoms with Crippen molar-refractivity contribution in [2.24, 2.45) is 0 Å². The van der Waals surface area contributed by atoms with Gasteiger partial charge in [0, 0.05) is 24.9 Å². The molecular weight excluding hydrogens is 220 g/mol. The highest BCUT2D eigenvalue weighted by Crippen LogP contribution is 2.24. The van der Waals surface area contributed by atoms with Crippen LogP contribution in [0.3, 0.4) is 0 Å². The summed E-state index contributed by atoms with van der Waals surface area (Å²) >= 11 is 0. The number of anilines is 1. The van der Waals surface area contributed by atoms with E-state index in [9.17, 15) is 10.1 Å². The third-order valence-electron chi connectivity index (χ3n) is 2.41. The topological polar surface area (TPSA) is 64.4 Å². The van der Waals surface area contributed by atoms with E-state index in [0.29, 0.717) is 6.61 Å². The number of non-ortho nitro benzene ring substituents is 1. The molecule has 1 aromatic rings. The van der Waals surface area contributed by atoms with E-state index in [1.54, 1.807) is 19.2 Å². The third-order valence-corrected chi connectivity index (χ3v) is 2.41. The Hall–Kier alpha value is -1.62. The highest BCUT2D eigenvalue weighted by atomic mass is 16.6. The van der Waals surface area contributed by atoms with Crippen LogP contribution in [0.1, 0.15) is 19.4 Å². The van der Waals surface area contributed by atoms with Gasteiger partial charge < -0.3 is 10.1 Å². The second kappa shape index (κ2) is 5.14. The summed E-state index contributed by atoms with van der Waals surface area (Å²) in [7, 11) is 1.63. The van der Waals surface area contributed by atoms with Gasteiger partial charge in [0.25, 0.3) is 5.69 Å². The van der Waals surface area contributed by atoms with Crippen LogP contribution in [0.5, 0.6) is 0 Å². The summed E-state index contributed by atoms with van der Waals surface area (Å²) < 4.78 is 5.10. The number of nitrogens with zero attached hydrogens (tertiary/aromatic N) is 1. The molecule has 0 bridgehead atoms. The van der Waals surface area contributed by atoms with Crippen LogP contribution in [-0.4, -0.2) is 24.2 Å². The van der Waals surface area contributed by atoms with Crippen molar-refractivity contribution < 1.29 is 9.66 Å². The van der Waals surface area contributed by atoms with E-state index < -0.39 is 4.92 Å². The number of nitro groups is 1. The Balaban J connectivity index is 2.97. The molecule has 1 aromatic carbocycles. The Labute approximate surface area is 101 Å². The van der Waals surface area contributed by atoms with Gasteiger partial charge in [-0.25, -0.2) is 0 Å². The fourth-order valence-electron chi connectivity index (χ4n) is 1.62. The summed E-state index contributed by atoms with van der Waals surface area (Å²) in [6.07, 6.45) is 0. The number of methoxy groups -OCH3 is 1. The average molecular weight is 238 g/mol. The van der Waals surface area contributed by atoms with Crippen molar-refractivity contribution in [2.75, 3.05) is 19.0 Å². The zero-order chi connectivity index (χ0) is 13.1. The normalized spacial score (nSPS) is 11.3. The Kier molecular flexibility index (Phi) is 4.07. The van der Waals surface area contributed by atoms with Gasteiger partial charge >= 0.3 is 0 Å². The SMILES string of the molecule is COCC(C)(C)Nc1cc([N+](=O)[O-])ccc1C. The summed E-state index contributed by atoms with van der Waals surface area (Å²) in [4.78, 5) is 10.3. The minimum absolute atomic E-state index is 0.0892. The van der Waals surface area contributed by atoms with Gasteiger partial charge in [-0.3, -0.25) is 10.1 Å². The van der Waals surface area contributed by atoms with Crippen LogP contribution >= 0.6 is 0 Å². The number of ether oxygens (including phenoxy) is 1. The van der Waals surface area contributed by atoms with Crippen molar-refractivity contribution in [1.29, 1.82) is 0 Å². The highest BCUT2D eigenvalue weighted by molar-refractivity contribution is 5.58. The van der Waals surface area contributed by atoms with Crippen LogP contribution < -0.4 is 5.32 Å². The molecule has 0 aliphatic carbocycles. The Morgan fingerprint density at radius 1 is 1.47 bits per heavy atom. The van der Waals surface area contributed by atoms with E-state index in [2.05, 4.69) is 5.32 Å². The number of nitrogens with one attached hydrogen (secondary N) is 1. The predicted octanol–water partition coefficient (Wildman–Crippen LogP) is 2.74. The number of hydrogen-bond acceptors (Lipinski definition) is 4. The largest absolute Gasteiger partial charge is 0.382 e. The van der Waals surface area contributed by atoms with Gasteiger partial charge in [0.15, 0.2) is 0 Å². The summed E-state index contributed by atoms with van der Waals surface area (Å²) in [6, 6.07) is 4.79. The number of hydrogen-bond donors (Lipinski definition) is 1. The molecule has 0 spiro atoms. The van der Waals surface area contributed by atoms with Gasteiger partial charge in [-0.15, -0.1) is 0 Å². The summed E-state index contributed by atoms with van der Waals surface area (Å²) in [5.41, 5.74) is 1.56. The molecule has 5 heteroatoms. The fraction of sp³-hybridized carbons (Fsp3) is 0.500. The van der Waals surface area contributed by atoms with Gasteiger partial charge in [-0.05, 0) is 26.3 Å². The van der Waals surface area contributed by atoms with Crippen molar-refractivity contribution in [3.05, 3.63) is 33.9 Å². The van der Waals surface area contributed by atoms with Crippen molar-refractivity contribution in [3.8, 4) is 0 Å². The van der Waals surface area contributed by atoms with Crippen molar-refractivity contribution in [2.45, 2.75) is 26.3 Å². The molecule has 0 aliphatic rings. The Bertz CT molecular complexity index is 416. The van der Waals surface area contributed by atoms with Crippen LogP contribution in [0.15, 0.2) is 18.2 Å². The van der Waals surface area contributed by atoms with Gasteiger partial charge in [0.1, 0.15) is 0 Å².